The van der Waals surface area contributed by atoms with Crippen molar-refractivity contribution in [3.63, 3.8) is 0 Å². The molecule has 0 aliphatic carbocycles. The third-order valence-electron chi connectivity index (χ3n) is 4.33. The number of rotatable bonds is 6. The Bertz CT molecular complexity index is 462. The molecule has 1 aliphatic rings. The highest BCUT2D eigenvalue weighted by Gasteiger charge is 2.35. The van der Waals surface area contributed by atoms with Gasteiger partial charge in [-0.3, -0.25) is 9.80 Å². The zero-order valence-corrected chi connectivity index (χ0v) is 13.5. The van der Waals surface area contributed by atoms with Crippen molar-refractivity contribution in [3.8, 4) is 5.75 Å². The van der Waals surface area contributed by atoms with Crippen molar-refractivity contribution in [2.24, 2.45) is 0 Å². The Kier molecular flexibility index (Phi) is 5.62. The molecule has 0 aromatic heterocycles. The van der Waals surface area contributed by atoms with Gasteiger partial charge in [0.25, 0.3) is 0 Å². The number of phenols is 1. The quantitative estimate of drug-likeness (QED) is 0.846. The van der Waals surface area contributed by atoms with Crippen LogP contribution in [0.4, 0.5) is 0 Å². The van der Waals surface area contributed by atoms with E-state index in [1.165, 1.54) is 0 Å². The van der Waals surface area contributed by atoms with E-state index in [9.17, 15) is 10.2 Å². The number of hydrogen-bond donors (Lipinski definition) is 2. The Hall–Kier alpha value is -1.10. The third kappa shape index (κ3) is 3.23. The summed E-state index contributed by atoms with van der Waals surface area (Å²) < 4.78 is 0. The van der Waals surface area contributed by atoms with Crippen molar-refractivity contribution in [3.05, 3.63) is 28.8 Å². The summed E-state index contributed by atoms with van der Waals surface area (Å²) in [4.78, 5) is 4.84. The van der Waals surface area contributed by atoms with E-state index in [2.05, 4.69) is 23.6 Å². The zero-order chi connectivity index (χ0) is 15.4. The molecule has 1 fully saturated rings. The van der Waals surface area contributed by atoms with Crippen molar-refractivity contribution < 1.29 is 10.2 Å². The molecule has 0 saturated carbocycles. The molecule has 4 heteroatoms. The molecule has 21 heavy (non-hydrogen) atoms. The van der Waals surface area contributed by atoms with Gasteiger partial charge in [0.05, 0.1) is 12.8 Å². The number of benzene rings is 1. The average Bonchev–Trinajstić information content (AvgIpc) is 2.85. The van der Waals surface area contributed by atoms with Gasteiger partial charge in [-0.25, -0.2) is 0 Å². The van der Waals surface area contributed by atoms with Crippen LogP contribution in [-0.2, 0) is 6.61 Å². The predicted molar refractivity (Wildman–Crippen MR) is 85.2 cm³/mol. The number of aliphatic hydroxyl groups excluding tert-OH is 1. The van der Waals surface area contributed by atoms with E-state index < -0.39 is 0 Å². The lowest BCUT2D eigenvalue weighted by molar-refractivity contribution is 0.131. The second-order valence-electron chi connectivity index (χ2n) is 5.91. The molecule has 0 spiro atoms. The highest BCUT2D eigenvalue weighted by molar-refractivity contribution is 5.47. The van der Waals surface area contributed by atoms with Crippen LogP contribution in [0.15, 0.2) is 12.1 Å². The van der Waals surface area contributed by atoms with Crippen molar-refractivity contribution >= 4 is 0 Å². The molecule has 0 atom stereocenters. The van der Waals surface area contributed by atoms with Crippen LogP contribution in [0.25, 0.3) is 0 Å². The van der Waals surface area contributed by atoms with Gasteiger partial charge in [-0.15, -0.1) is 0 Å². The number of aromatic hydroxyl groups is 1. The Morgan fingerprint density at radius 2 is 1.67 bits per heavy atom. The first-order valence-corrected chi connectivity index (χ1v) is 8.04. The second-order valence-corrected chi connectivity index (χ2v) is 5.91. The van der Waals surface area contributed by atoms with Crippen LogP contribution in [0.3, 0.4) is 0 Å². The summed E-state index contributed by atoms with van der Waals surface area (Å²) in [6, 6.07) is 3.82. The molecule has 1 saturated heterocycles. The van der Waals surface area contributed by atoms with E-state index in [-0.39, 0.29) is 12.8 Å². The molecular weight excluding hydrogens is 264 g/mol. The monoisotopic (exact) mass is 292 g/mol. The highest BCUT2D eigenvalue weighted by atomic mass is 16.3. The summed E-state index contributed by atoms with van der Waals surface area (Å²) in [5.74, 6) is 0.343. The molecular formula is C17H28N2O2. The lowest BCUT2D eigenvalue weighted by Crippen LogP contribution is -2.33. The summed E-state index contributed by atoms with van der Waals surface area (Å²) in [6.45, 7) is 10.3. The molecule has 0 amide bonds. The zero-order valence-electron chi connectivity index (χ0n) is 13.5. The van der Waals surface area contributed by atoms with Gasteiger partial charge >= 0.3 is 0 Å². The van der Waals surface area contributed by atoms with Gasteiger partial charge < -0.3 is 10.2 Å². The van der Waals surface area contributed by atoms with Crippen LogP contribution < -0.4 is 0 Å². The van der Waals surface area contributed by atoms with E-state index in [1.54, 1.807) is 0 Å². The second kappa shape index (κ2) is 7.25. The molecule has 1 aliphatic heterocycles. The normalized spacial score (nSPS) is 17.7. The number of aryl methyl sites for hydroxylation is 1. The lowest BCUT2D eigenvalue weighted by Gasteiger charge is -2.32. The Morgan fingerprint density at radius 3 is 2.14 bits per heavy atom. The van der Waals surface area contributed by atoms with Crippen LogP contribution in [0, 0.1) is 6.92 Å². The van der Waals surface area contributed by atoms with Gasteiger partial charge in [-0.1, -0.05) is 26.0 Å². The maximum atomic E-state index is 10.6. The van der Waals surface area contributed by atoms with Crippen molar-refractivity contribution in [2.45, 2.75) is 46.4 Å². The van der Waals surface area contributed by atoms with E-state index in [1.807, 2.05) is 19.1 Å². The Balaban J connectivity index is 2.45. The summed E-state index contributed by atoms with van der Waals surface area (Å²) in [6.07, 6.45) is 2.28. The van der Waals surface area contributed by atoms with Gasteiger partial charge in [-0.2, -0.15) is 0 Å². The highest BCUT2D eigenvalue weighted by Crippen LogP contribution is 2.39. The molecule has 2 rings (SSSR count). The fourth-order valence-corrected chi connectivity index (χ4v) is 3.32. The van der Waals surface area contributed by atoms with Gasteiger partial charge in [0, 0.05) is 18.7 Å². The first-order chi connectivity index (χ1) is 10.1. The smallest absolute Gasteiger partial charge is 0.124 e. The van der Waals surface area contributed by atoms with Crippen molar-refractivity contribution in [1.29, 1.82) is 0 Å². The van der Waals surface area contributed by atoms with Crippen molar-refractivity contribution in [1.82, 2.24) is 9.80 Å². The summed E-state index contributed by atoms with van der Waals surface area (Å²) >= 11 is 0. The maximum absolute atomic E-state index is 10.6. The minimum atomic E-state index is -0.0282. The van der Waals surface area contributed by atoms with Crippen LogP contribution in [0.1, 0.15) is 49.5 Å². The number of nitrogens with zero attached hydrogens (tertiary/aromatic N) is 2. The fourth-order valence-electron chi connectivity index (χ4n) is 3.32. The maximum Gasteiger partial charge on any atom is 0.124 e. The first kappa shape index (κ1) is 16.3. The Labute approximate surface area is 128 Å². The van der Waals surface area contributed by atoms with E-state index in [4.69, 9.17) is 0 Å². The topological polar surface area (TPSA) is 46.9 Å². The molecule has 1 aromatic rings. The van der Waals surface area contributed by atoms with Gasteiger partial charge in [0.15, 0.2) is 0 Å². The van der Waals surface area contributed by atoms with Crippen LogP contribution >= 0.6 is 0 Å². The largest absolute Gasteiger partial charge is 0.507 e. The van der Waals surface area contributed by atoms with Crippen LogP contribution in [0.2, 0.25) is 0 Å². The molecule has 4 nitrogen and oxygen atoms in total. The number of hydrogen-bond acceptors (Lipinski definition) is 4. The minimum Gasteiger partial charge on any atom is -0.507 e. The summed E-state index contributed by atoms with van der Waals surface area (Å²) in [7, 11) is 0. The van der Waals surface area contributed by atoms with Gasteiger partial charge in [0.1, 0.15) is 5.75 Å². The molecule has 1 heterocycles. The molecule has 0 bridgehead atoms. The number of phenolic OH excluding ortho intramolecular Hbond substituents is 1. The SMILES string of the molecule is CCCN1CCN(CCC)C1c1c(CO)ccc(C)c1O. The fraction of sp³-hybridized carbons (Fsp3) is 0.647. The lowest BCUT2D eigenvalue weighted by atomic mass is 9.99. The molecule has 0 unspecified atom stereocenters. The van der Waals surface area contributed by atoms with Crippen LogP contribution in [-0.4, -0.2) is 46.2 Å². The minimum absolute atomic E-state index is 0.0282. The van der Waals surface area contributed by atoms with E-state index in [0.29, 0.717) is 5.75 Å². The predicted octanol–water partition coefficient (Wildman–Crippen LogP) is 2.63. The van der Waals surface area contributed by atoms with Crippen molar-refractivity contribution in [2.75, 3.05) is 26.2 Å². The molecule has 0 radical (unpaired) electrons. The third-order valence-corrected chi connectivity index (χ3v) is 4.33. The molecule has 1 aromatic carbocycles. The molecule has 118 valence electrons. The van der Waals surface area contributed by atoms with Gasteiger partial charge in [0.2, 0.25) is 0 Å². The van der Waals surface area contributed by atoms with Crippen LogP contribution in [0.5, 0.6) is 5.75 Å². The van der Waals surface area contributed by atoms with Gasteiger partial charge in [-0.05, 0) is 44.0 Å². The summed E-state index contributed by atoms with van der Waals surface area (Å²) in [5.41, 5.74) is 2.62. The number of aliphatic hydroxyl groups is 1. The molecule has 2 N–H and O–H groups in total. The van der Waals surface area contributed by atoms with E-state index >= 15 is 0 Å². The standard InChI is InChI=1S/C17H28N2O2/c1-4-8-18-10-11-19(9-5-2)17(18)15-14(12-20)7-6-13(3)16(15)21/h6-7,17,20-21H,4-5,8-12H2,1-3H3. The summed E-state index contributed by atoms with van der Waals surface area (Å²) in [5, 5.41) is 20.3. The first-order valence-electron chi connectivity index (χ1n) is 8.04. The van der Waals surface area contributed by atoms with E-state index in [0.717, 1.165) is 55.7 Å². The Morgan fingerprint density at radius 1 is 1.10 bits per heavy atom. The average molecular weight is 292 g/mol.